The third-order valence-corrected chi connectivity index (χ3v) is 12.5. The van der Waals surface area contributed by atoms with Gasteiger partial charge >= 0.3 is 0 Å². The van der Waals surface area contributed by atoms with Gasteiger partial charge in [-0.1, -0.05) is 158 Å². The number of nitrogens with zero attached hydrogens (tertiary/aromatic N) is 6. The molecule has 4 aromatic heterocycles. The molecular weight excluding hydrogens is 769 g/mol. The SMILES string of the molecule is c1ccc(-c2nc(-c3ccccc3)nc(-c3cc4c5ccccc5n(-c5ccccc5)c4cc3-n3c4ccccc4c4ccc5c(c6ccccc6n5-c5ccccc5)c43)n2)cc1. The van der Waals surface area contributed by atoms with E-state index in [2.05, 4.69) is 196 Å². The zero-order valence-electron chi connectivity index (χ0n) is 34.0. The van der Waals surface area contributed by atoms with E-state index < -0.39 is 0 Å². The van der Waals surface area contributed by atoms with E-state index in [1.54, 1.807) is 0 Å². The zero-order valence-corrected chi connectivity index (χ0v) is 34.0. The molecule has 0 bridgehead atoms. The van der Waals surface area contributed by atoms with Crippen molar-refractivity contribution in [2.45, 2.75) is 0 Å². The number of fused-ring (bicyclic) bond motifs is 10. The van der Waals surface area contributed by atoms with E-state index in [0.29, 0.717) is 17.5 Å². The summed E-state index contributed by atoms with van der Waals surface area (Å²) in [6.07, 6.45) is 0. The first kappa shape index (κ1) is 35.2. The van der Waals surface area contributed by atoms with Crippen LogP contribution in [0.15, 0.2) is 218 Å². The van der Waals surface area contributed by atoms with Crippen LogP contribution in [0.4, 0.5) is 0 Å². The van der Waals surface area contributed by atoms with Crippen LogP contribution in [0, 0.1) is 0 Å². The molecule has 0 fully saturated rings. The summed E-state index contributed by atoms with van der Waals surface area (Å²) in [5.41, 5.74) is 12.7. The molecule has 9 aromatic carbocycles. The third kappa shape index (κ3) is 5.41. The van der Waals surface area contributed by atoms with Gasteiger partial charge in [0.05, 0.1) is 38.8 Å². The Morgan fingerprint density at radius 2 is 0.730 bits per heavy atom. The maximum atomic E-state index is 5.39. The van der Waals surface area contributed by atoms with E-state index in [1.165, 1.54) is 21.5 Å². The molecule has 0 saturated heterocycles. The van der Waals surface area contributed by atoms with Crippen LogP contribution in [-0.2, 0) is 0 Å². The lowest BCUT2D eigenvalue weighted by molar-refractivity contribution is 1.07. The van der Waals surface area contributed by atoms with Crippen LogP contribution in [0.2, 0.25) is 0 Å². The van der Waals surface area contributed by atoms with Crippen molar-refractivity contribution in [2.75, 3.05) is 0 Å². The Balaban J connectivity index is 1.23. The molecule has 0 aliphatic carbocycles. The Hall–Kier alpha value is -8.61. The van der Waals surface area contributed by atoms with Crippen LogP contribution in [0.1, 0.15) is 0 Å². The number of rotatable bonds is 6. The summed E-state index contributed by atoms with van der Waals surface area (Å²) in [4.78, 5) is 15.9. The summed E-state index contributed by atoms with van der Waals surface area (Å²) in [5, 5.41) is 6.98. The van der Waals surface area contributed by atoms with Gasteiger partial charge in [0.25, 0.3) is 0 Å². The number of hydrogen-bond acceptors (Lipinski definition) is 3. The van der Waals surface area contributed by atoms with Crippen molar-refractivity contribution in [1.29, 1.82) is 0 Å². The number of hydrogen-bond donors (Lipinski definition) is 0. The lowest BCUT2D eigenvalue weighted by Crippen LogP contribution is -2.04. The molecule has 0 unspecified atom stereocenters. The van der Waals surface area contributed by atoms with E-state index in [-0.39, 0.29) is 0 Å². The quantitative estimate of drug-likeness (QED) is 0.168. The molecular formula is C57H36N6. The predicted octanol–water partition coefficient (Wildman–Crippen LogP) is 14.2. The molecule has 0 aliphatic heterocycles. The van der Waals surface area contributed by atoms with Crippen LogP contribution in [0.3, 0.4) is 0 Å². The van der Waals surface area contributed by atoms with Crippen molar-refractivity contribution in [3.05, 3.63) is 218 Å². The van der Waals surface area contributed by atoms with Crippen LogP contribution in [-0.4, -0.2) is 28.7 Å². The molecule has 4 heterocycles. The van der Waals surface area contributed by atoms with Gasteiger partial charge in [0, 0.05) is 60.4 Å². The van der Waals surface area contributed by atoms with Gasteiger partial charge in [-0.25, -0.2) is 15.0 Å². The topological polar surface area (TPSA) is 53.5 Å². The largest absolute Gasteiger partial charge is 0.309 e. The van der Waals surface area contributed by atoms with Gasteiger partial charge in [-0.05, 0) is 60.7 Å². The van der Waals surface area contributed by atoms with Crippen molar-refractivity contribution >= 4 is 65.4 Å². The molecule has 294 valence electrons. The van der Waals surface area contributed by atoms with Crippen molar-refractivity contribution < 1.29 is 0 Å². The lowest BCUT2D eigenvalue weighted by Gasteiger charge is -2.17. The van der Waals surface area contributed by atoms with Crippen molar-refractivity contribution in [3.8, 4) is 51.2 Å². The van der Waals surface area contributed by atoms with Crippen LogP contribution in [0.25, 0.3) is 117 Å². The first-order valence-corrected chi connectivity index (χ1v) is 21.3. The standard InChI is InChI=1S/C57H36N6/c1-5-19-37(20-6-1)55-58-56(38-21-7-2-8-22-38)60-57(59-55)46-35-45-42-28-14-16-30-47(42)62(40-25-11-4-12-26-40)51(45)36-52(46)63-48-31-17-13-27-41(48)43-33-34-50-53(54(43)63)44-29-15-18-32-49(44)61(50)39-23-9-3-10-24-39/h1-36H. The van der Waals surface area contributed by atoms with Crippen LogP contribution in [0.5, 0.6) is 0 Å². The second-order valence-electron chi connectivity index (χ2n) is 16.0. The van der Waals surface area contributed by atoms with Gasteiger partial charge in [-0.2, -0.15) is 0 Å². The highest BCUT2D eigenvalue weighted by Gasteiger charge is 2.26. The maximum absolute atomic E-state index is 5.39. The molecule has 0 spiro atoms. The predicted molar refractivity (Wildman–Crippen MR) is 259 cm³/mol. The van der Waals surface area contributed by atoms with Crippen LogP contribution < -0.4 is 0 Å². The Bertz CT molecular complexity index is 3830. The van der Waals surface area contributed by atoms with Gasteiger partial charge < -0.3 is 13.7 Å². The molecule has 13 aromatic rings. The fourth-order valence-corrected chi connectivity index (χ4v) is 9.77. The minimum atomic E-state index is 0.598. The molecule has 6 heteroatoms. The fourth-order valence-electron chi connectivity index (χ4n) is 9.77. The van der Waals surface area contributed by atoms with Crippen molar-refractivity contribution in [3.63, 3.8) is 0 Å². The highest BCUT2D eigenvalue weighted by Crippen LogP contribution is 2.45. The first-order chi connectivity index (χ1) is 31.3. The molecule has 0 amide bonds. The minimum absolute atomic E-state index is 0.598. The van der Waals surface area contributed by atoms with Gasteiger partial charge in [-0.15, -0.1) is 0 Å². The summed E-state index contributed by atoms with van der Waals surface area (Å²) in [6, 6.07) is 77.3. The number of para-hydroxylation sites is 5. The molecule has 0 saturated carbocycles. The summed E-state index contributed by atoms with van der Waals surface area (Å²) in [5.74, 6) is 1.83. The summed E-state index contributed by atoms with van der Waals surface area (Å²) < 4.78 is 7.26. The molecule has 13 rings (SSSR count). The number of benzene rings is 9. The smallest absolute Gasteiger partial charge is 0.166 e. The molecule has 0 N–H and O–H groups in total. The maximum Gasteiger partial charge on any atom is 0.166 e. The molecule has 6 nitrogen and oxygen atoms in total. The second-order valence-corrected chi connectivity index (χ2v) is 16.0. The molecule has 0 aliphatic rings. The third-order valence-electron chi connectivity index (χ3n) is 12.5. The average molecular weight is 805 g/mol. The molecule has 0 radical (unpaired) electrons. The fraction of sp³-hybridized carbons (Fsp3) is 0. The van der Waals surface area contributed by atoms with E-state index >= 15 is 0 Å². The van der Waals surface area contributed by atoms with E-state index in [1.807, 2.05) is 36.4 Å². The first-order valence-electron chi connectivity index (χ1n) is 21.3. The number of aromatic nitrogens is 6. The highest BCUT2D eigenvalue weighted by molar-refractivity contribution is 6.26. The van der Waals surface area contributed by atoms with Gasteiger partial charge in [0.2, 0.25) is 0 Å². The van der Waals surface area contributed by atoms with Crippen LogP contribution >= 0.6 is 0 Å². The highest BCUT2D eigenvalue weighted by atomic mass is 15.1. The van der Waals surface area contributed by atoms with Gasteiger partial charge in [0.15, 0.2) is 17.5 Å². The Labute approximate surface area is 362 Å². The zero-order chi connectivity index (χ0) is 41.4. The minimum Gasteiger partial charge on any atom is -0.309 e. The Morgan fingerprint density at radius 1 is 0.286 bits per heavy atom. The molecule has 0 atom stereocenters. The Kier molecular flexibility index (Phi) is 7.80. The average Bonchev–Trinajstić information content (AvgIpc) is 4.00. The summed E-state index contributed by atoms with van der Waals surface area (Å²) in [7, 11) is 0. The monoisotopic (exact) mass is 804 g/mol. The molecule has 63 heavy (non-hydrogen) atoms. The normalized spacial score (nSPS) is 11.8. The second kappa shape index (κ2) is 14.0. The summed E-state index contributed by atoms with van der Waals surface area (Å²) >= 11 is 0. The van der Waals surface area contributed by atoms with E-state index in [0.717, 1.165) is 77.6 Å². The lowest BCUT2D eigenvalue weighted by atomic mass is 10.0. The van der Waals surface area contributed by atoms with E-state index in [9.17, 15) is 0 Å². The van der Waals surface area contributed by atoms with Gasteiger partial charge in [0.1, 0.15) is 0 Å². The van der Waals surface area contributed by atoms with Crippen molar-refractivity contribution in [2.24, 2.45) is 0 Å². The summed E-state index contributed by atoms with van der Waals surface area (Å²) in [6.45, 7) is 0. The van der Waals surface area contributed by atoms with E-state index in [4.69, 9.17) is 15.0 Å². The Morgan fingerprint density at radius 3 is 1.32 bits per heavy atom. The van der Waals surface area contributed by atoms with Crippen molar-refractivity contribution in [1.82, 2.24) is 28.7 Å². The van der Waals surface area contributed by atoms with Gasteiger partial charge in [-0.3, -0.25) is 0 Å².